The summed E-state index contributed by atoms with van der Waals surface area (Å²) in [7, 11) is 1.69. The molecule has 1 saturated heterocycles. The van der Waals surface area contributed by atoms with Crippen molar-refractivity contribution in [1.82, 2.24) is 10.2 Å². The number of hydrogen-bond acceptors (Lipinski definition) is 3. The van der Waals surface area contributed by atoms with E-state index in [-0.39, 0.29) is 11.9 Å². The fourth-order valence-corrected chi connectivity index (χ4v) is 4.03. The van der Waals surface area contributed by atoms with Crippen LogP contribution < -0.4 is 10.6 Å². The molecule has 0 aromatic heterocycles. The number of rotatable bonds is 5. The molecule has 1 heterocycles. The first-order valence-electron chi connectivity index (χ1n) is 9.93. The lowest BCUT2D eigenvalue weighted by atomic mass is 9.91. The van der Waals surface area contributed by atoms with Gasteiger partial charge in [-0.3, -0.25) is 9.79 Å². The average molecular weight is 463 g/mol. The van der Waals surface area contributed by atoms with Crippen molar-refractivity contribution in [3.05, 3.63) is 39.9 Å². The largest absolute Gasteiger partial charge is 0.338 e. The molecule has 1 fully saturated rings. The van der Waals surface area contributed by atoms with Crippen LogP contribution in [-0.4, -0.2) is 49.2 Å². The van der Waals surface area contributed by atoms with E-state index in [1.54, 1.807) is 19.2 Å². The van der Waals surface area contributed by atoms with Crippen molar-refractivity contribution in [2.75, 3.05) is 32.0 Å². The third-order valence-electron chi connectivity index (χ3n) is 4.79. The summed E-state index contributed by atoms with van der Waals surface area (Å²) in [6.45, 7) is 10.1. The first-order chi connectivity index (χ1) is 13.7. The highest BCUT2D eigenvalue weighted by Gasteiger charge is 2.27. The van der Waals surface area contributed by atoms with Crippen LogP contribution in [0.25, 0.3) is 0 Å². The molecule has 0 radical (unpaired) electrons. The molecule has 0 bridgehead atoms. The number of nitrogens with zero attached hydrogens (tertiary/aromatic N) is 2. The standard InChI is InChI=1S/C22H31BrN4O2/c1-14(2)8-18(24-5)11-25-22(29)26-20-7-6-17(23)10-19(20)21(28)27-12-15(3)9-16(4)13-27/h6-8,10,15-16H,9,11-13H2,1-5H3,(H2,25,26,29)/t15-,16+. The average Bonchev–Trinajstić information content (AvgIpc) is 2.64. The van der Waals surface area contributed by atoms with E-state index < -0.39 is 0 Å². The minimum atomic E-state index is -0.370. The second-order valence-electron chi connectivity index (χ2n) is 8.09. The van der Waals surface area contributed by atoms with E-state index >= 15 is 0 Å². The molecule has 0 spiro atoms. The number of benzene rings is 1. The summed E-state index contributed by atoms with van der Waals surface area (Å²) in [5.41, 5.74) is 2.88. The zero-order chi connectivity index (χ0) is 21.6. The number of urea groups is 1. The molecule has 1 aliphatic heterocycles. The molecule has 2 atom stereocenters. The van der Waals surface area contributed by atoms with Crippen molar-refractivity contribution in [2.45, 2.75) is 34.1 Å². The van der Waals surface area contributed by atoms with Crippen LogP contribution in [0.4, 0.5) is 10.5 Å². The monoisotopic (exact) mass is 462 g/mol. The van der Waals surface area contributed by atoms with Gasteiger partial charge in [0.1, 0.15) is 0 Å². The molecule has 1 aliphatic rings. The van der Waals surface area contributed by atoms with Gasteiger partial charge in [-0.15, -0.1) is 0 Å². The van der Waals surface area contributed by atoms with Crippen LogP contribution in [0.15, 0.2) is 39.3 Å². The predicted octanol–water partition coefficient (Wildman–Crippen LogP) is 4.73. The summed E-state index contributed by atoms with van der Waals surface area (Å²) in [6.07, 6.45) is 3.05. The number of amides is 3. The van der Waals surface area contributed by atoms with Crippen molar-refractivity contribution >= 4 is 39.3 Å². The highest BCUT2D eigenvalue weighted by atomic mass is 79.9. The number of nitrogens with one attached hydrogen (secondary N) is 2. The van der Waals surface area contributed by atoms with Crippen LogP contribution in [-0.2, 0) is 0 Å². The van der Waals surface area contributed by atoms with Gasteiger partial charge in [-0.2, -0.15) is 0 Å². The van der Waals surface area contributed by atoms with Crippen LogP contribution in [0.1, 0.15) is 44.5 Å². The molecule has 0 saturated carbocycles. The molecule has 0 aliphatic carbocycles. The molecule has 0 unspecified atom stereocenters. The van der Waals surface area contributed by atoms with Crippen molar-refractivity contribution in [1.29, 1.82) is 0 Å². The molecule has 1 aromatic rings. The molecule has 2 rings (SSSR count). The van der Waals surface area contributed by atoms with E-state index in [4.69, 9.17) is 0 Å². The number of carbonyl (C=O) groups is 2. The minimum absolute atomic E-state index is 0.0552. The lowest BCUT2D eigenvalue weighted by Crippen LogP contribution is -2.43. The minimum Gasteiger partial charge on any atom is -0.338 e. The number of likely N-dealkylation sites (tertiary alicyclic amines) is 1. The molecule has 29 heavy (non-hydrogen) atoms. The van der Waals surface area contributed by atoms with Crippen molar-refractivity contribution in [3.8, 4) is 0 Å². The first kappa shape index (κ1) is 23.1. The van der Waals surface area contributed by atoms with Crippen LogP contribution in [0.5, 0.6) is 0 Å². The Morgan fingerprint density at radius 2 is 1.90 bits per heavy atom. The molecule has 158 valence electrons. The topological polar surface area (TPSA) is 73.8 Å². The van der Waals surface area contributed by atoms with Crippen LogP contribution in [0.3, 0.4) is 0 Å². The molecule has 2 N–H and O–H groups in total. The molecular weight excluding hydrogens is 432 g/mol. The quantitative estimate of drug-likeness (QED) is 0.620. The smallest absolute Gasteiger partial charge is 0.319 e. The maximum atomic E-state index is 13.2. The van der Waals surface area contributed by atoms with Gasteiger partial charge in [-0.25, -0.2) is 4.79 Å². The first-order valence-corrected chi connectivity index (χ1v) is 10.7. The number of aliphatic imine (C=N–C) groups is 1. The number of halogens is 1. The van der Waals surface area contributed by atoms with E-state index in [1.165, 1.54) is 0 Å². The lowest BCUT2D eigenvalue weighted by Gasteiger charge is -2.35. The Hall–Kier alpha value is -2.15. The van der Waals surface area contributed by atoms with Gasteiger partial charge >= 0.3 is 6.03 Å². The summed E-state index contributed by atoms with van der Waals surface area (Å²) in [5.74, 6) is 0.883. The van der Waals surface area contributed by atoms with Gasteiger partial charge in [0.05, 0.1) is 23.5 Å². The fraction of sp³-hybridized carbons (Fsp3) is 0.500. The molecular formula is C22H31BrN4O2. The summed E-state index contributed by atoms with van der Waals surface area (Å²) < 4.78 is 0.800. The Balaban J connectivity index is 2.12. The van der Waals surface area contributed by atoms with Gasteiger partial charge in [-0.1, -0.05) is 35.4 Å². The Bertz CT molecular complexity index is 805. The van der Waals surface area contributed by atoms with Gasteiger partial charge in [0.15, 0.2) is 0 Å². The van der Waals surface area contributed by atoms with E-state index in [9.17, 15) is 9.59 Å². The van der Waals surface area contributed by atoms with Crippen molar-refractivity contribution in [3.63, 3.8) is 0 Å². The third-order valence-corrected chi connectivity index (χ3v) is 5.28. The Morgan fingerprint density at radius 1 is 1.24 bits per heavy atom. The second kappa shape index (κ2) is 10.6. The zero-order valence-corrected chi connectivity index (χ0v) is 19.5. The summed E-state index contributed by atoms with van der Waals surface area (Å²) in [6, 6.07) is 4.96. The predicted molar refractivity (Wildman–Crippen MR) is 123 cm³/mol. The van der Waals surface area contributed by atoms with Crippen LogP contribution in [0, 0.1) is 11.8 Å². The van der Waals surface area contributed by atoms with Gasteiger partial charge in [0.2, 0.25) is 0 Å². The van der Waals surface area contributed by atoms with Gasteiger partial charge < -0.3 is 15.5 Å². The summed E-state index contributed by atoms with van der Waals surface area (Å²) >= 11 is 3.44. The van der Waals surface area contributed by atoms with Crippen LogP contribution in [0.2, 0.25) is 0 Å². The van der Waals surface area contributed by atoms with Gasteiger partial charge in [0.25, 0.3) is 5.91 Å². The zero-order valence-electron chi connectivity index (χ0n) is 17.9. The number of piperidine rings is 1. The number of allylic oxidation sites excluding steroid dienone is 1. The SMILES string of the molecule is CN=C(C=C(C)C)CNC(=O)Nc1ccc(Br)cc1C(=O)N1C[C@H](C)C[C@H](C)C1. The number of anilines is 1. The maximum Gasteiger partial charge on any atom is 0.319 e. The van der Waals surface area contributed by atoms with Gasteiger partial charge in [-0.05, 0) is 56.4 Å². The second-order valence-corrected chi connectivity index (χ2v) is 9.01. The van der Waals surface area contributed by atoms with E-state index in [0.29, 0.717) is 29.6 Å². The highest BCUT2D eigenvalue weighted by Crippen LogP contribution is 2.27. The lowest BCUT2D eigenvalue weighted by molar-refractivity contribution is 0.0624. The molecule has 6 nitrogen and oxygen atoms in total. The van der Waals surface area contributed by atoms with E-state index in [2.05, 4.69) is 45.4 Å². The summed E-state index contributed by atoms with van der Waals surface area (Å²) in [4.78, 5) is 31.7. The normalized spacial score (nSPS) is 19.5. The Morgan fingerprint density at radius 3 is 2.48 bits per heavy atom. The Kier molecular flexibility index (Phi) is 8.44. The number of carbonyl (C=O) groups excluding carboxylic acids is 2. The fourth-order valence-electron chi connectivity index (χ4n) is 3.67. The molecule has 1 aromatic carbocycles. The van der Waals surface area contributed by atoms with Crippen LogP contribution >= 0.6 is 15.9 Å². The van der Waals surface area contributed by atoms with Crippen molar-refractivity contribution < 1.29 is 9.59 Å². The van der Waals surface area contributed by atoms with Gasteiger partial charge in [0, 0.05) is 24.6 Å². The van der Waals surface area contributed by atoms with E-state index in [1.807, 2.05) is 30.9 Å². The Labute approximate surface area is 182 Å². The molecule has 3 amide bonds. The highest BCUT2D eigenvalue weighted by molar-refractivity contribution is 9.10. The van der Waals surface area contributed by atoms with E-state index in [0.717, 1.165) is 35.3 Å². The third kappa shape index (κ3) is 6.99. The number of hydrogen-bond donors (Lipinski definition) is 2. The maximum absolute atomic E-state index is 13.2. The van der Waals surface area contributed by atoms with Crippen molar-refractivity contribution in [2.24, 2.45) is 16.8 Å². The summed E-state index contributed by atoms with van der Waals surface area (Å²) in [5, 5.41) is 5.62. The molecule has 7 heteroatoms.